The van der Waals surface area contributed by atoms with Gasteiger partial charge in [-0.3, -0.25) is 4.90 Å². The van der Waals surface area contributed by atoms with Crippen LogP contribution in [0.2, 0.25) is 0 Å². The highest BCUT2D eigenvalue weighted by atomic mass is 32.2. The van der Waals surface area contributed by atoms with E-state index in [9.17, 15) is 0 Å². The minimum absolute atomic E-state index is 0.708. The lowest BCUT2D eigenvalue weighted by Gasteiger charge is -2.39. The molecule has 0 spiro atoms. The normalized spacial score (nSPS) is 31.4. The van der Waals surface area contributed by atoms with Crippen LogP contribution in [0.15, 0.2) is 29.2 Å². The predicted octanol–water partition coefficient (Wildman–Crippen LogP) is 2.94. The monoisotopic (exact) mass is 276 g/mol. The Morgan fingerprint density at radius 3 is 3.00 bits per heavy atom. The van der Waals surface area contributed by atoms with Crippen LogP contribution >= 0.6 is 11.8 Å². The highest BCUT2D eigenvalue weighted by molar-refractivity contribution is 7.99. The van der Waals surface area contributed by atoms with Crippen LogP contribution in [0.5, 0.6) is 0 Å². The van der Waals surface area contributed by atoms with Crippen molar-refractivity contribution in [1.82, 2.24) is 4.90 Å². The van der Waals surface area contributed by atoms with E-state index in [2.05, 4.69) is 36.1 Å². The molecule has 1 aromatic rings. The summed E-state index contributed by atoms with van der Waals surface area (Å²) in [5.74, 6) is 2.66. The van der Waals surface area contributed by atoms with E-state index >= 15 is 0 Å². The molecule has 2 aliphatic rings. The van der Waals surface area contributed by atoms with Gasteiger partial charge in [0.05, 0.1) is 0 Å². The number of hydrogen-bond donors (Lipinski definition) is 1. The van der Waals surface area contributed by atoms with Crippen molar-refractivity contribution in [2.45, 2.75) is 36.6 Å². The summed E-state index contributed by atoms with van der Waals surface area (Å²) in [5.41, 5.74) is 7.43. The second-order valence-electron chi connectivity index (χ2n) is 6.03. The number of thioether (sulfide) groups is 1. The predicted molar refractivity (Wildman–Crippen MR) is 82.7 cm³/mol. The molecule has 1 aromatic carbocycles. The van der Waals surface area contributed by atoms with Crippen molar-refractivity contribution < 1.29 is 0 Å². The fraction of sp³-hybridized carbons (Fsp3) is 0.625. The first kappa shape index (κ1) is 13.5. The van der Waals surface area contributed by atoms with Crippen molar-refractivity contribution in [2.24, 2.45) is 11.7 Å². The van der Waals surface area contributed by atoms with Crippen LogP contribution in [0.4, 0.5) is 0 Å². The zero-order valence-electron chi connectivity index (χ0n) is 11.7. The van der Waals surface area contributed by atoms with Crippen LogP contribution in [-0.4, -0.2) is 36.3 Å². The van der Waals surface area contributed by atoms with Crippen molar-refractivity contribution >= 4 is 11.8 Å². The van der Waals surface area contributed by atoms with E-state index in [1.165, 1.54) is 36.6 Å². The summed E-state index contributed by atoms with van der Waals surface area (Å²) >= 11 is 2.02. The molecule has 19 heavy (non-hydrogen) atoms. The molecule has 0 aromatic heterocycles. The summed E-state index contributed by atoms with van der Waals surface area (Å²) < 4.78 is 0. The van der Waals surface area contributed by atoms with Gasteiger partial charge in [0.2, 0.25) is 0 Å². The average molecular weight is 276 g/mol. The highest BCUT2D eigenvalue weighted by Crippen LogP contribution is 2.40. The molecule has 104 valence electrons. The summed E-state index contributed by atoms with van der Waals surface area (Å²) in [5, 5.41) is 0. The molecule has 3 rings (SSSR count). The Hall–Kier alpha value is -0.510. The molecule has 1 saturated heterocycles. The lowest BCUT2D eigenvalue weighted by atomic mass is 9.91. The summed E-state index contributed by atoms with van der Waals surface area (Å²) in [7, 11) is 0. The molecule has 2 aliphatic heterocycles. The molecule has 2 nitrogen and oxygen atoms in total. The number of nitrogens with zero attached hydrogens (tertiary/aromatic N) is 1. The molecular weight excluding hydrogens is 252 g/mol. The van der Waals surface area contributed by atoms with Gasteiger partial charge in [-0.25, -0.2) is 0 Å². The van der Waals surface area contributed by atoms with Gasteiger partial charge in [0.15, 0.2) is 0 Å². The van der Waals surface area contributed by atoms with Crippen molar-refractivity contribution in [3.05, 3.63) is 29.8 Å². The topological polar surface area (TPSA) is 29.3 Å². The second kappa shape index (κ2) is 5.86. The fourth-order valence-corrected chi connectivity index (χ4v) is 4.61. The second-order valence-corrected chi connectivity index (χ2v) is 7.09. The zero-order valence-corrected chi connectivity index (χ0v) is 12.5. The third-order valence-corrected chi connectivity index (χ3v) is 5.95. The van der Waals surface area contributed by atoms with Crippen LogP contribution in [0.1, 0.15) is 31.2 Å². The Morgan fingerprint density at radius 1 is 1.32 bits per heavy atom. The maximum absolute atomic E-state index is 5.86. The Kier molecular flexibility index (Phi) is 4.15. The van der Waals surface area contributed by atoms with Crippen LogP contribution in [0, 0.1) is 5.92 Å². The average Bonchev–Trinajstić information content (AvgIpc) is 2.85. The van der Waals surface area contributed by atoms with Gasteiger partial charge < -0.3 is 5.73 Å². The number of fused-ring (bicyclic) bond motifs is 1. The van der Waals surface area contributed by atoms with E-state index in [1.807, 2.05) is 11.8 Å². The van der Waals surface area contributed by atoms with Gasteiger partial charge in [0.1, 0.15) is 0 Å². The first-order chi connectivity index (χ1) is 9.28. The van der Waals surface area contributed by atoms with Gasteiger partial charge in [-0.05, 0) is 43.9 Å². The smallest absolute Gasteiger partial charge is 0.0108 e. The maximum Gasteiger partial charge on any atom is 0.0108 e. The fourth-order valence-electron chi connectivity index (χ4n) is 3.37. The zero-order chi connectivity index (χ0) is 13.2. The largest absolute Gasteiger partial charge is 0.330 e. The summed E-state index contributed by atoms with van der Waals surface area (Å²) in [6.45, 7) is 5.63. The number of rotatable bonds is 3. The van der Waals surface area contributed by atoms with E-state index in [0.29, 0.717) is 11.8 Å². The lowest BCUT2D eigenvalue weighted by molar-refractivity contribution is 0.115. The van der Waals surface area contributed by atoms with E-state index in [4.69, 9.17) is 5.73 Å². The van der Waals surface area contributed by atoms with Crippen molar-refractivity contribution in [3.63, 3.8) is 0 Å². The molecule has 0 amide bonds. The molecule has 2 heterocycles. The molecule has 2 N–H and O–H groups in total. The summed E-state index contributed by atoms with van der Waals surface area (Å²) in [6.07, 6.45) is 2.62. The Labute approximate surface area is 120 Å². The number of piperidine rings is 1. The number of benzene rings is 1. The van der Waals surface area contributed by atoms with Gasteiger partial charge in [-0.1, -0.05) is 18.2 Å². The molecule has 0 radical (unpaired) electrons. The molecule has 0 saturated carbocycles. The summed E-state index contributed by atoms with van der Waals surface area (Å²) in [6, 6.07) is 9.64. The third kappa shape index (κ3) is 2.83. The molecule has 1 fully saturated rings. The lowest BCUT2D eigenvalue weighted by Crippen LogP contribution is -2.45. The van der Waals surface area contributed by atoms with Gasteiger partial charge >= 0.3 is 0 Å². The maximum atomic E-state index is 5.86. The standard InChI is InChI=1S/C16H24N2S/c1-12-6-7-13(8-17)9-18(12)10-14-11-19-16-5-3-2-4-15(14)16/h2-5,12-14H,6-11,17H2,1H3. The van der Waals surface area contributed by atoms with Crippen LogP contribution in [-0.2, 0) is 0 Å². The van der Waals surface area contributed by atoms with E-state index in [0.717, 1.165) is 12.6 Å². The Balaban J connectivity index is 1.68. The molecule has 0 bridgehead atoms. The minimum atomic E-state index is 0.708. The van der Waals surface area contributed by atoms with Gasteiger partial charge in [-0.2, -0.15) is 0 Å². The Morgan fingerprint density at radius 2 is 2.16 bits per heavy atom. The van der Waals surface area contributed by atoms with E-state index in [-0.39, 0.29) is 0 Å². The summed E-state index contributed by atoms with van der Waals surface area (Å²) in [4.78, 5) is 4.17. The molecule has 0 aliphatic carbocycles. The van der Waals surface area contributed by atoms with Crippen molar-refractivity contribution in [1.29, 1.82) is 0 Å². The molecule has 3 unspecified atom stereocenters. The van der Waals surface area contributed by atoms with Crippen molar-refractivity contribution in [2.75, 3.05) is 25.4 Å². The quantitative estimate of drug-likeness (QED) is 0.920. The molecule has 3 atom stereocenters. The molecular formula is C16H24N2S. The van der Waals surface area contributed by atoms with Gasteiger partial charge in [0, 0.05) is 35.7 Å². The Bertz CT molecular complexity index is 435. The van der Waals surface area contributed by atoms with Crippen LogP contribution < -0.4 is 5.73 Å². The van der Waals surface area contributed by atoms with Gasteiger partial charge in [-0.15, -0.1) is 11.8 Å². The SMILES string of the molecule is CC1CCC(CN)CN1CC1CSc2ccccc21. The first-order valence-electron chi connectivity index (χ1n) is 7.43. The van der Waals surface area contributed by atoms with Crippen LogP contribution in [0.25, 0.3) is 0 Å². The minimum Gasteiger partial charge on any atom is -0.330 e. The van der Waals surface area contributed by atoms with E-state index in [1.54, 1.807) is 5.56 Å². The first-order valence-corrected chi connectivity index (χ1v) is 8.42. The third-order valence-electron chi connectivity index (χ3n) is 4.70. The number of likely N-dealkylation sites (tertiary alicyclic amines) is 1. The number of nitrogens with two attached hydrogens (primary N) is 1. The highest BCUT2D eigenvalue weighted by Gasteiger charge is 2.30. The van der Waals surface area contributed by atoms with Gasteiger partial charge in [0.25, 0.3) is 0 Å². The van der Waals surface area contributed by atoms with E-state index < -0.39 is 0 Å². The van der Waals surface area contributed by atoms with Crippen LogP contribution in [0.3, 0.4) is 0 Å². The van der Waals surface area contributed by atoms with Crippen molar-refractivity contribution in [3.8, 4) is 0 Å². The number of hydrogen-bond acceptors (Lipinski definition) is 3. The molecule has 3 heteroatoms.